The van der Waals surface area contributed by atoms with Crippen molar-refractivity contribution in [3.63, 3.8) is 0 Å². The SMILES string of the molecule is Nc1cccc(C(O)CCc2ccc3c(c2)CCO3)c1. The number of anilines is 1. The van der Waals surface area contributed by atoms with E-state index in [1.54, 1.807) is 0 Å². The molecule has 1 unspecified atom stereocenters. The molecule has 1 heterocycles. The van der Waals surface area contributed by atoms with E-state index in [1.165, 1.54) is 11.1 Å². The average molecular weight is 269 g/mol. The van der Waals surface area contributed by atoms with Gasteiger partial charge in [0.25, 0.3) is 0 Å². The molecule has 2 aromatic carbocycles. The molecule has 1 aliphatic rings. The van der Waals surface area contributed by atoms with E-state index in [9.17, 15) is 5.11 Å². The molecular formula is C17H19NO2. The summed E-state index contributed by atoms with van der Waals surface area (Å²) in [6.07, 6.45) is 2.07. The van der Waals surface area contributed by atoms with Crippen molar-refractivity contribution in [2.75, 3.05) is 12.3 Å². The Kier molecular flexibility index (Phi) is 3.61. The third-order valence-corrected chi connectivity index (χ3v) is 3.76. The summed E-state index contributed by atoms with van der Waals surface area (Å²) < 4.78 is 5.50. The Morgan fingerprint density at radius 2 is 2.10 bits per heavy atom. The van der Waals surface area contributed by atoms with Crippen LogP contribution in [0.15, 0.2) is 42.5 Å². The van der Waals surface area contributed by atoms with Gasteiger partial charge in [0.2, 0.25) is 0 Å². The molecule has 0 aliphatic carbocycles. The van der Waals surface area contributed by atoms with Crippen LogP contribution in [0.2, 0.25) is 0 Å². The predicted molar refractivity (Wildman–Crippen MR) is 79.8 cm³/mol. The van der Waals surface area contributed by atoms with Gasteiger partial charge in [0.05, 0.1) is 12.7 Å². The second-order valence-electron chi connectivity index (χ2n) is 5.27. The Morgan fingerprint density at radius 3 is 2.95 bits per heavy atom. The number of aliphatic hydroxyl groups excluding tert-OH is 1. The van der Waals surface area contributed by atoms with Crippen LogP contribution in [0.5, 0.6) is 5.75 Å². The van der Waals surface area contributed by atoms with Gasteiger partial charge in [-0.2, -0.15) is 0 Å². The quantitative estimate of drug-likeness (QED) is 0.839. The lowest BCUT2D eigenvalue weighted by Gasteiger charge is -2.12. The molecule has 3 rings (SSSR count). The topological polar surface area (TPSA) is 55.5 Å². The maximum atomic E-state index is 10.2. The third-order valence-electron chi connectivity index (χ3n) is 3.76. The molecule has 0 aromatic heterocycles. The summed E-state index contributed by atoms with van der Waals surface area (Å²) in [4.78, 5) is 0. The van der Waals surface area contributed by atoms with Crippen molar-refractivity contribution in [3.05, 3.63) is 59.2 Å². The van der Waals surface area contributed by atoms with E-state index in [2.05, 4.69) is 12.1 Å². The number of fused-ring (bicyclic) bond motifs is 1. The second kappa shape index (κ2) is 5.55. The summed E-state index contributed by atoms with van der Waals surface area (Å²) in [6, 6.07) is 13.8. The largest absolute Gasteiger partial charge is 0.493 e. The van der Waals surface area contributed by atoms with E-state index < -0.39 is 6.10 Å². The van der Waals surface area contributed by atoms with Gasteiger partial charge in [0, 0.05) is 12.1 Å². The van der Waals surface area contributed by atoms with Gasteiger partial charge in [-0.05, 0) is 47.7 Å². The lowest BCUT2D eigenvalue weighted by Crippen LogP contribution is -2.00. The Hall–Kier alpha value is -2.00. The van der Waals surface area contributed by atoms with Gasteiger partial charge in [-0.1, -0.05) is 24.3 Å². The molecule has 1 atom stereocenters. The van der Waals surface area contributed by atoms with Crippen LogP contribution < -0.4 is 10.5 Å². The molecular weight excluding hydrogens is 250 g/mol. The van der Waals surface area contributed by atoms with Crippen LogP contribution in [-0.4, -0.2) is 11.7 Å². The monoisotopic (exact) mass is 269 g/mol. The summed E-state index contributed by atoms with van der Waals surface area (Å²) in [5.74, 6) is 1.00. The number of benzene rings is 2. The maximum absolute atomic E-state index is 10.2. The molecule has 3 heteroatoms. The highest BCUT2D eigenvalue weighted by atomic mass is 16.5. The number of hydrogen-bond acceptors (Lipinski definition) is 3. The first-order valence-corrected chi connectivity index (χ1v) is 7.00. The minimum atomic E-state index is -0.469. The number of aryl methyl sites for hydroxylation is 1. The van der Waals surface area contributed by atoms with Crippen LogP contribution in [0.4, 0.5) is 5.69 Å². The highest BCUT2D eigenvalue weighted by Crippen LogP contribution is 2.27. The van der Waals surface area contributed by atoms with Crippen LogP contribution in [-0.2, 0) is 12.8 Å². The minimum Gasteiger partial charge on any atom is -0.493 e. The summed E-state index contributed by atoms with van der Waals surface area (Å²) in [5, 5.41) is 10.2. The van der Waals surface area contributed by atoms with E-state index in [0.29, 0.717) is 12.1 Å². The first-order valence-electron chi connectivity index (χ1n) is 7.00. The van der Waals surface area contributed by atoms with Crippen molar-refractivity contribution >= 4 is 5.69 Å². The zero-order chi connectivity index (χ0) is 13.9. The molecule has 0 fully saturated rings. The maximum Gasteiger partial charge on any atom is 0.122 e. The fourth-order valence-electron chi connectivity index (χ4n) is 2.63. The van der Waals surface area contributed by atoms with Gasteiger partial charge in [0.1, 0.15) is 5.75 Å². The lowest BCUT2D eigenvalue weighted by molar-refractivity contribution is 0.168. The summed E-state index contributed by atoms with van der Waals surface area (Å²) in [6.45, 7) is 0.782. The molecule has 104 valence electrons. The van der Waals surface area contributed by atoms with E-state index in [-0.39, 0.29) is 0 Å². The van der Waals surface area contributed by atoms with E-state index in [0.717, 1.165) is 30.8 Å². The van der Waals surface area contributed by atoms with E-state index in [1.807, 2.05) is 30.3 Å². The van der Waals surface area contributed by atoms with Crippen LogP contribution in [0.25, 0.3) is 0 Å². The standard InChI is InChI=1S/C17H19NO2/c18-15-3-1-2-13(11-15)16(19)6-4-12-5-7-17-14(10-12)8-9-20-17/h1-3,5,7,10-11,16,19H,4,6,8-9,18H2. The summed E-state index contributed by atoms with van der Waals surface area (Å²) in [5.41, 5.74) is 9.84. The summed E-state index contributed by atoms with van der Waals surface area (Å²) in [7, 11) is 0. The fourth-order valence-corrected chi connectivity index (χ4v) is 2.63. The molecule has 0 saturated heterocycles. The van der Waals surface area contributed by atoms with Crippen molar-refractivity contribution in [1.29, 1.82) is 0 Å². The molecule has 1 aliphatic heterocycles. The van der Waals surface area contributed by atoms with Gasteiger partial charge in [-0.3, -0.25) is 0 Å². The van der Waals surface area contributed by atoms with Gasteiger partial charge in [-0.25, -0.2) is 0 Å². The van der Waals surface area contributed by atoms with Crippen LogP contribution in [0, 0.1) is 0 Å². The molecule has 3 nitrogen and oxygen atoms in total. The molecule has 2 aromatic rings. The normalized spacial score (nSPS) is 14.7. The number of aliphatic hydroxyl groups is 1. The minimum absolute atomic E-state index is 0.469. The molecule has 3 N–H and O–H groups in total. The third kappa shape index (κ3) is 2.78. The van der Waals surface area contributed by atoms with Crippen molar-refractivity contribution in [2.24, 2.45) is 0 Å². The zero-order valence-electron chi connectivity index (χ0n) is 11.4. The zero-order valence-corrected chi connectivity index (χ0v) is 11.4. The second-order valence-corrected chi connectivity index (χ2v) is 5.27. The van der Waals surface area contributed by atoms with Crippen molar-refractivity contribution in [1.82, 2.24) is 0 Å². The predicted octanol–water partition coefficient (Wildman–Crippen LogP) is 2.87. The number of ether oxygens (including phenoxy) is 1. The van der Waals surface area contributed by atoms with Crippen molar-refractivity contribution < 1.29 is 9.84 Å². The van der Waals surface area contributed by atoms with Crippen molar-refractivity contribution in [3.8, 4) is 5.75 Å². The molecule has 0 radical (unpaired) electrons. The Bertz CT molecular complexity index is 610. The van der Waals surface area contributed by atoms with Gasteiger partial charge in [0.15, 0.2) is 0 Å². The van der Waals surface area contributed by atoms with Gasteiger partial charge in [-0.15, -0.1) is 0 Å². The average Bonchev–Trinajstić information content (AvgIpc) is 2.92. The molecule has 0 bridgehead atoms. The molecule has 0 saturated carbocycles. The lowest BCUT2D eigenvalue weighted by atomic mass is 9.99. The first-order chi connectivity index (χ1) is 9.72. The Morgan fingerprint density at radius 1 is 1.20 bits per heavy atom. The van der Waals surface area contributed by atoms with Crippen molar-refractivity contribution in [2.45, 2.75) is 25.4 Å². The summed E-state index contributed by atoms with van der Waals surface area (Å²) >= 11 is 0. The van der Waals surface area contributed by atoms with Crippen LogP contribution in [0.3, 0.4) is 0 Å². The number of nitrogen functional groups attached to an aromatic ring is 1. The smallest absolute Gasteiger partial charge is 0.122 e. The Labute approximate surface area is 119 Å². The highest BCUT2D eigenvalue weighted by molar-refractivity contribution is 5.42. The number of nitrogens with two attached hydrogens (primary N) is 1. The van der Waals surface area contributed by atoms with E-state index >= 15 is 0 Å². The van der Waals surface area contributed by atoms with Crippen LogP contribution in [0.1, 0.15) is 29.2 Å². The van der Waals surface area contributed by atoms with Gasteiger partial charge >= 0.3 is 0 Å². The molecule has 20 heavy (non-hydrogen) atoms. The Balaban J connectivity index is 1.64. The first kappa shape index (κ1) is 13.0. The van der Waals surface area contributed by atoms with Gasteiger partial charge < -0.3 is 15.6 Å². The van der Waals surface area contributed by atoms with E-state index in [4.69, 9.17) is 10.5 Å². The molecule has 0 spiro atoms. The fraction of sp³-hybridized carbons (Fsp3) is 0.294. The van der Waals surface area contributed by atoms with Crippen LogP contribution >= 0.6 is 0 Å². The highest BCUT2D eigenvalue weighted by Gasteiger charge is 2.13. The number of rotatable bonds is 4. The molecule has 0 amide bonds. The number of hydrogen-bond donors (Lipinski definition) is 2.